The van der Waals surface area contributed by atoms with E-state index in [9.17, 15) is 19.2 Å². The molecule has 0 aliphatic heterocycles. The summed E-state index contributed by atoms with van der Waals surface area (Å²) in [5.41, 5.74) is 6.71. The number of benzene rings is 1. The van der Waals surface area contributed by atoms with Crippen LogP contribution in [0.15, 0.2) is 24.3 Å². The van der Waals surface area contributed by atoms with Gasteiger partial charge in [0.05, 0.1) is 12.5 Å². The van der Waals surface area contributed by atoms with Gasteiger partial charge in [0.25, 0.3) is 0 Å². The van der Waals surface area contributed by atoms with Gasteiger partial charge in [0.2, 0.25) is 17.7 Å². The smallest absolute Gasteiger partial charge is 0.408 e. The van der Waals surface area contributed by atoms with Gasteiger partial charge < -0.3 is 35.9 Å². The fraction of sp³-hybridized carbons (Fsp3) is 0.706. The second kappa shape index (κ2) is 18.1. The van der Waals surface area contributed by atoms with Crippen molar-refractivity contribution in [2.24, 2.45) is 11.1 Å². The summed E-state index contributed by atoms with van der Waals surface area (Å²) in [5.74, 6) is -1.17. The van der Waals surface area contributed by atoms with Crippen molar-refractivity contribution in [1.29, 1.82) is 0 Å². The van der Waals surface area contributed by atoms with Crippen LogP contribution in [-0.2, 0) is 35.0 Å². The molecule has 1 aliphatic carbocycles. The first-order valence-electron chi connectivity index (χ1n) is 16.2. The van der Waals surface area contributed by atoms with Crippen molar-refractivity contribution < 1.29 is 33.4 Å². The van der Waals surface area contributed by atoms with Gasteiger partial charge in [0.15, 0.2) is 6.29 Å². The summed E-state index contributed by atoms with van der Waals surface area (Å²) in [6, 6.07) is 6.90. The molecule has 0 saturated carbocycles. The van der Waals surface area contributed by atoms with Crippen molar-refractivity contribution in [3.63, 3.8) is 0 Å². The van der Waals surface area contributed by atoms with E-state index in [0.717, 1.165) is 44.9 Å². The van der Waals surface area contributed by atoms with Gasteiger partial charge in [-0.1, -0.05) is 57.4 Å². The lowest BCUT2D eigenvalue weighted by Gasteiger charge is -2.38. The number of hydrogen-bond donors (Lipinski definition) is 4. The normalized spacial score (nSPS) is 16.3. The van der Waals surface area contributed by atoms with Crippen LogP contribution in [-0.4, -0.2) is 62.0 Å². The zero-order valence-electron chi connectivity index (χ0n) is 28.3. The van der Waals surface area contributed by atoms with Crippen LogP contribution in [0.1, 0.15) is 116 Å². The maximum Gasteiger partial charge on any atom is 0.408 e. The Hall–Kier alpha value is -3.18. The highest BCUT2D eigenvalue weighted by molar-refractivity contribution is 5.90. The Kier molecular flexibility index (Phi) is 15.3. The molecular weight excluding hydrogens is 576 g/mol. The third-order valence-corrected chi connectivity index (χ3v) is 8.24. The van der Waals surface area contributed by atoms with E-state index in [2.05, 4.69) is 28.1 Å². The van der Waals surface area contributed by atoms with Crippen molar-refractivity contribution in [3.05, 3.63) is 35.4 Å². The third kappa shape index (κ3) is 13.8. The van der Waals surface area contributed by atoms with Crippen LogP contribution in [0, 0.1) is 5.41 Å². The molecule has 2 rings (SSSR count). The van der Waals surface area contributed by atoms with Crippen molar-refractivity contribution in [2.75, 3.05) is 14.2 Å². The second-order valence-corrected chi connectivity index (χ2v) is 13.7. The molecule has 1 unspecified atom stereocenters. The van der Waals surface area contributed by atoms with Gasteiger partial charge in [-0.2, -0.15) is 0 Å². The molecule has 45 heavy (non-hydrogen) atoms. The first-order chi connectivity index (χ1) is 21.1. The monoisotopic (exact) mass is 632 g/mol. The van der Waals surface area contributed by atoms with E-state index >= 15 is 0 Å². The number of aryl methyl sites for hydroxylation is 1. The summed E-state index contributed by atoms with van der Waals surface area (Å²) in [5, 5.41) is 8.77. The summed E-state index contributed by atoms with van der Waals surface area (Å²) in [6.07, 6.45) is 6.38. The predicted molar refractivity (Wildman–Crippen MR) is 173 cm³/mol. The Morgan fingerprint density at radius 1 is 0.956 bits per heavy atom. The van der Waals surface area contributed by atoms with Gasteiger partial charge in [-0.3, -0.25) is 14.4 Å². The molecule has 0 spiro atoms. The molecule has 11 heteroatoms. The number of amides is 4. The van der Waals surface area contributed by atoms with E-state index in [1.165, 1.54) is 11.1 Å². The van der Waals surface area contributed by atoms with E-state index in [0.29, 0.717) is 19.3 Å². The minimum atomic E-state index is -1.19. The lowest BCUT2D eigenvalue weighted by atomic mass is 9.78. The Labute approximate surface area is 269 Å². The van der Waals surface area contributed by atoms with Crippen LogP contribution in [0.3, 0.4) is 0 Å². The maximum atomic E-state index is 13.4. The Balaban J connectivity index is 1.96. The van der Waals surface area contributed by atoms with Gasteiger partial charge in [-0.25, -0.2) is 4.79 Å². The molecule has 1 aromatic carbocycles. The number of primary amides is 1. The molecule has 0 bridgehead atoms. The van der Waals surface area contributed by atoms with E-state index in [4.69, 9.17) is 19.9 Å². The number of carbonyl (C=O) groups excluding carboxylic acids is 4. The van der Waals surface area contributed by atoms with Crippen molar-refractivity contribution in [1.82, 2.24) is 16.0 Å². The average Bonchev–Trinajstić information content (AvgIpc) is 2.95. The molecule has 1 aromatic rings. The zero-order valence-corrected chi connectivity index (χ0v) is 28.3. The zero-order chi connectivity index (χ0) is 33.6. The molecule has 0 heterocycles. The minimum Gasteiger partial charge on any atom is -0.444 e. The number of unbranched alkanes of at least 4 members (excludes halogenated alkanes) is 3. The van der Waals surface area contributed by atoms with Gasteiger partial charge in [0, 0.05) is 33.1 Å². The molecule has 11 nitrogen and oxygen atoms in total. The second-order valence-electron chi connectivity index (χ2n) is 13.7. The Morgan fingerprint density at radius 3 is 2.27 bits per heavy atom. The first-order valence-corrected chi connectivity index (χ1v) is 16.2. The molecule has 4 amide bonds. The van der Waals surface area contributed by atoms with Gasteiger partial charge in [0.1, 0.15) is 11.6 Å². The molecule has 254 valence electrons. The molecule has 1 aliphatic rings. The average molecular weight is 633 g/mol. The van der Waals surface area contributed by atoms with E-state index < -0.39 is 41.3 Å². The number of fused-ring (bicyclic) bond motifs is 1. The van der Waals surface area contributed by atoms with Crippen molar-refractivity contribution >= 4 is 23.8 Å². The molecule has 0 radical (unpaired) electrons. The van der Waals surface area contributed by atoms with Crippen LogP contribution >= 0.6 is 0 Å². The van der Waals surface area contributed by atoms with Gasteiger partial charge in [-0.15, -0.1) is 0 Å². The Morgan fingerprint density at radius 2 is 1.62 bits per heavy atom. The first kappa shape index (κ1) is 38.0. The third-order valence-electron chi connectivity index (χ3n) is 8.24. The topological polar surface area (TPSA) is 158 Å². The summed E-state index contributed by atoms with van der Waals surface area (Å²) < 4.78 is 16.2. The molecule has 0 fully saturated rings. The van der Waals surface area contributed by atoms with Gasteiger partial charge >= 0.3 is 6.09 Å². The number of alkyl carbamates (subject to hydrolysis) is 1. The lowest BCUT2D eigenvalue weighted by Crippen LogP contribution is -2.55. The number of hydrogen-bond acceptors (Lipinski definition) is 7. The summed E-state index contributed by atoms with van der Waals surface area (Å²) in [7, 11) is 3.13. The summed E-state index contributed by atoms with van der Waals surface area (Å²) in [4.78, 5) is 50.3. The van der Waals surface area contributed by atoms with Crippen molar-refractivity contribution in [3.8, 4) is 0 Å². The summed E-state index contributed by atoms with van der Waals surface area (Å²) >= 11 is 0. The van der Waals surface area contributed by atoms with E-state index in [-0.39, 0.29) is 24.4 Å². The maximum absolute atomic E-state index is 13.4. The number of ether oxygens (including phenoxy) is 3. The molecule has 5 N–H and O–H groups in total. The van der Waals surface area contributed by atoms with E-state index in [1.54, 1.807) is 35.0 Å². The lowest BCUT2D eigenvalue weighted by molar-refractivity contribution is -0.133. The van der Waals surface area contributed by atoms with Crippen molar-refractivity contribution in [2.45, 2.75) is 135 Å². The fourth-order valence-corrected chi connectivity index (χ4v) is 5.78. The molecule has 0 saturated heterocycles. The number of rotatable bonds is 18. The highest BCUT2D eigenvalue weighted by atomic mass is 16.7. The van der Waals surface area contributed by atoms with Gasteiger partial charge in [-0.05, 0) is 69.4 Å². The van der Waals surface area contributed by atoms with Crippen LogP contribution in [0.25, 0.3) is 0 Å². The predicted octanol–water partition coefficient (Wildman–Crippen LogP) is 4.81. The Bertz CT molecular complexity index is 1110. The van der Waals surface area contributed by atoms with Crippen LogP contribution in [0.2, 0.25) is 0 Å². The largest absolute Gasteiger partial charge is 0.444 e. The molecular formula is C34H56N4O7. The fourth-order valence-electron chi connectivity index (χ4n) is 5.78. The standard InChI is InChI=1S/C34H56N4O7/c1-33(2,3)45-32(42)37-26(21-28(35)39)31(41)38-27(34(4,5)22-30(43-6)44-7)19-10-8-9-11-20-29(40)36-25-18-14-16-23-15-12-13-17-24(23)25/h12-13,15,17,25-27,30H,8-11,14,16,18-22H2,1-7H3,(H2,35,39)(H,36,40)(H,37,42)(H,38,41)/t25-,26+,27?/m1/s1. The van der Waals surface area contributed by atoms with Crippen LogP contribution in [0.4, 0.5) is 4.79 Å². The van der Waals surface area contributed by atoms with Crippen LogP contribution < -0.4 is 21.7 Å². The minimum absolute atomic E-state index is 0.0751. The molecule has 3 atom stereocenters. The highest BCUT2D eigenvalue weighted by Crippen LogP contribution is 2.32. The number of carbonyl (C=O) groups is 4. The number of nitrogens with two attached hydrogens (primary N) is 1. The highest BCUT2D eigenvalue weighted by Gasteiger charge is 2.36. The number of nitrogens with one attached hydrogen (secondary N) is 3. The van der Waals surface area contributed by atoms with Crippen LogP contribution in [0.5, 0.6) is 0 Å². The SMILES string of the molecule is COC(CC(C)(C)C(CCCCCCC(=O)N[C@@H]1CCCc2ccccc21)NC(=O)[C@H](CC(N)=O)NC(=O)OC(C)(C)C)OC. The molecule has 0 aromatic heterocycles. The number of methoxy groups -OCH3 is 2. The van der Waals surface area contributed by atoms with E-state index in [1.807, 2.05) is 26.0 Å². The quantitative estimate of drug-likeness (QED) is 0.134. The summed E-state index contributed by atoms with van der Waals surface area (Å²) in [6.45, 7) is 9.15.